The van der Waals surface area contributed by atoms with Gasteiger partial charge in [0.05, 0.1) is 4.90 Å². The summed E-state index contributed by atoms with van der Waals surface area (Å²) in [4.78, 5) is -0.770. The van der Waals surface area contributed by atoms with E-state index in [1.54, 1.807) is 0 Å². The maximum absolute atomic E-state index is 15.4. The summed E-state index contributed by atoms with van der Waals surface area (Å²) in [5.74, 6) is -0.0723. The molecular formula is C24H29F5S. The van der Waals surface area contributed by atoms with E-state index in [1.165, 1.54) is 24.8 Å². The van der Waals surface area contributed by atoms with Crippen LogP contribution in [0.5, 0.6) is 0 Å². The van der Waals surface area contributed by atoms with Crippen LogP contribution in [0.2, 0.25) is 0 Å². The minimum Gasteiger partial charge on any atom is -0.244 e. The third kappa shape index (κ3) is 5.37. The van der Waals surface area contributed by atoms with Gasteiger partial charge in [-0.2, -0.15) is 0 Å². The van der Waals surface area contributed by atoms with Crippen LogP contribution in [0.25, 0.3) is 0 Å². The molecule has 1 aliphatic carbocycles. The monoisotopic (exact) mass is 444 g/mol. The highest BCUT2D eigenvalue weighted by atomic mass is 32.3. The Morgan fingerprint density at radius 3 is 2.17 bits per heavy atom. The molecule has 0 radical (unpaired) electrons. The second-order valence-corrected chi connectivity index (χ2v) is 9.57. The van der Waals surface area contributed by atoms with Crippen molar-refractivity contribution in [1.29, 1.82) is 0 Å². The van der Waals surface area contributed by atoms with Gasteiger partial charge in [-0.15, -0.1) is 11.7 Å². The van der Waals surface area contributed by atoms with Gasteiger partial charge in [0.1, 0.15) is 6.17 Å². The average Bonchev–Trinajstić information content (AvgIpc) is 2.73. The lowest BCUT2D eigenvalue weighted by Crippen LogP contribution is -2.38. The van der Waals surface area contributed by atoms with E-state index < -0.39 is 27.9 Å². The molecule has 0 nitrogen and oxygen atoms in total. The molecule has 0 aliphatic heterocycles. The quantitative estimate of drug-likeness (QED) is 0.281. The van der Waals surface area contributed by atoms with Crippen molar-refractivity contribution in [3.63, 3.8) is 0 Å². The number of alkyl halides is 2. The minimum absolute atomic E-state index is 0.00303. The predicted molar refractivity (Wildman–Crippen MR) is 114 cm³/mol. The van der Waals surface area contributed by atoms with E-state index in [2.05, 4.69) is 19.1 Å². The summed E-state index contributed by atoms with van der Waals surface area (Å²) in [5.41, 5.74) is 0.0420. The Hall–Kier alpha value is -1.56. The van der Waals surface area contributed by atoms with E-state index in [1.807, 2.05) is 12.1 Å². The highest BCUT2D eigenvalue weighted by molar-refractivity contribution is 8.20. The van der Waals surface area contributed by atoms with Gasteiger partial charge in [0.2, 0.25) is 11.2 Å². The van der Waals surface area contributed by atoms with Crippen LogP contribution >= 0.6 is 11.2 Å². The van der Waals surface area contributed by atoms with E-state index in [0.29, 0.717) is 6.42 Å². The molecule has 0 spiro atoms. The minimum atomic E-state index is -5.36. The van der Waals surface area contributed by atoms with E-state index >= 15 is 4.39 Å². The van der Waals surface area contributed by atoms with Crippen LogP contribution < -0.4 is 0 Å². The number of hydrogen-bond donors (Lipinski definition) is 0. The van der Waals surface area contributed by atoms with Crippen LogP contribution in [0.1, 0.15) is 74.5 Å². The summed E-state index contributed by atoms with van der Waals surface area (Å²) in [6.45, 7) is 2.18. The zero-order chi connectivity index (χ0) is 21.8. The largest absolute Gasteiger partial charge is 0.244 e. The highest BCUT2D eigenvalue weighted by Gasteiger charge is 2.46. The number of halogens is 5. The summed E-state index contributed by atoms with van der Waals surface area (Å²) in [6.07, 6.45) is 4.58. The Morgan fingerprint density at radius 1 is 0.933 bits per heavy atom. The smallest absolute Gasteiger partial charge is 0.237 e. The molecule has 1 aliphatic rings. The lowest BCUT2D eigenvalue weighted by molar-refractivity contribution is 0.00118. The summed E-state index contributed by atoms with van der Waals surface area (Å²) >= 11 is -5.36. The third-order valence-corrected chi connectivity index (χ3v) is 7.02. The summed E-state index contributed by atoms with van der Waals surface area (Å²) < 4.78 is 68.8. The SMILES string of the molecule is CCCCCCc1ccc(C2CCC(F)(c3ccc(S(F)(F)F)cc3)C(F)C2)cc1. The number of benzene rings is 2. The Kier molecular flexibility index (Phi) is 7.48. The Balaban J connectivity index is 1.63. The molecular weight excluding hydrogens is 415 g/mol. The molecule has 3 rings (SSSR count). The van der Waals surface area contributed by atoms with Gasteiger partial charge in [-0.25, -0.2) is 8.78 Å². The van der Waals surface area contributed by atoms with Crippen molar-refractivity contribution in [1.82, 2.24) is 0 Å². The fourth-order valence-electron chi connectivity index (χ4n) is 4.32. The molecule has 0 bridgehead atoms. The number of hydrogen-bond acceptors (Lipinski definition) is 0. The first-order valence-corrected chi connectivity index (χ1v) is 12.0. The van der Waals surface area contributed by atoms with E-state index in [9.17, 15) is 16.0 Å². The van der Waals surface area contributed by atoms with Crippen molar-refractivity contribution in [3.05, 3.63) is 65.2 Å². The second kappa shape index (κ2) is 9.71. The molecule has 0 saturated heterocycles. The van der Waals surface area contributed by atoms with Crippen LogP contribution in [-0.2, 0) is 12.1 Å². The molecule has 2 aromatic rings. The molecule has 30 heavy (non-hydrogen) atoms. The Morgan fingerprint density at radius 2 is 1.60 bits per heavy atom. The van der Waals surface area contributed by atoms with Gasteiger partial charge in [0, 0.05) is 0 Å². The molecule has 1 saturated carbocycles. The molecule has 0 N–H and O–H groups in total. The molecule has 3 unspecified atom stereocenters. The summed E-state index contributed by atoms with van der Waals surface area (Å²) in [7, 11) is 0. The van der Waals surface area contributed by atoms with Crippen LogP contribution in [0.3, 0.4) is 0 Å². The van der Waals surface area contributed by atoms with Gasteiger partial charge in [-0.3, -0.25) is 0 Å². The van der Waals surface area contributed by atoms with Crippen molar-refractivity contribution in [2.24, 2.45) is 0 Å². The fourth-order valence-corrected chi connectivity index (χ4v) is 4.77. The lowest BCUT2D eigenvalue weighted by atomic mass is 9.73. The van der Waals surface area contributed by atoms with Gasteiger partial charge in [-0.05, 0) is 66.8 Å². The Bertz CT molecular complexity index is 800. The molecule has 166 valence electrons. The van der Waals surface area contributed by atoms with Gasteiger partial charge < -0.3 is 0 Å². The third-order valence-electron chi connectivity index (χ3n) is 6.22. The van der Waals surface area contributed by atoms with Crippen molar-refractivity contribution in [2.75, 3.05) is 0 Å². The number of rotatable bonds is 8. The van der Waals surface area contributed by atoms with Crippen molar-refractivity contribution in [3.8, 4) is 0 Å². The van der Waals surface area contributed by atoms with Crippen LogP contribution in [0, 0.1) is 0 Å². The predicted octanol–water partition coefficient (Wildman–Crippen LogP) is 9.10. The van der Waals surface area contributed by atoms with Crippen molar-refractivity contribution >= 4 is 11.2 Å². The molecule has 0 heterocycles. The summed E-state index contributed by atoms with van der Waals surface area (Å²) in [5, 5.41) is 0. The standard InChI is InChI=1S/C24H29F5S/c1-2-3-4-5-6-18-7-9-19(10-8-18)20-15-16-24(26,23(25)17-20)21-11-13-22(14-12-21)30(27,28)29/h7-14,20,23H,2-6,15-17H2,1H3. The van der Waals surface area contributed by atoms with Crippen LogP contribution in [0.15, 0.2) is 53.4 Å². The zero-order valence-corrected chi connectivity index (χ0v) is 18.0. The topological polar surface area (TPSA) is 0 Å². The zero-order valence-electron chi connectivity index (χ0n) is 17.2. The first-order chi connectivity index (χ1) is 14.2. The molecule has 6 heteroatoms. The maximum atomic E-state index is 15.4. The van der Waals surface area contributed by atoms with E-state index in [4.69, 9.17) is 0 Å². The van der Waals surface area contributed by atoms with Crippen molar-refractivity contribution < 1.29 is 20.4 Å². The maximum Gasteiger partial charge on any atom is 0.237 e. The van der Waals surface area contributed by atoms with Gasteiger partial charge in [0.25, 0.3) is 0 Å². The number of unbranched alkanes of at least 4 members (excludes halogenated alkanes) is 3. The lowest BCUT2D eigenvalue weighted by Gasteiger charge is -2.37. The van der Waals surface area contributed by atoms with Crippen LogP contribution in [0.4, 0.5) is 20.4 Å². The normalized spacial score (nSPS) is 25.3. The molecule has 0 aromatic heterocycles. The van der Waals surface area contributed by atoms with Crippen LogP contribution in [-0.4, -0.2) is 6.17 Å². The summed E-state index contributed by atoms with van der Waals surface area (Å²) in [6, 6.07) is 12.1. The van der Waals surface area contributed by atoms with Gasteiger partial charge >= 0.3 is 0 Å². The molecule has 0 amide bonds. The van der Waals surface area contributed by atoms with Gasteiger partial charge in [-0.1, -0.05) is 62.6 Å². The average molecular weight is 445 g/mol. The Labute approximate surface area is 178 Å². The first-order valence-electron chi connectivity index (χ1n) is 10.7. The fraction of sp³-hybridized carbons (Fsp3) is 0.500. The molecule has 3 atom stereocenters. The number of aryl methyl sites for hydroxylation is 1. The van der Waals surface area contributed by atoms with Gasteiger partial charge in [0.15, 0.2) is 5.67 Å². The molecule has 2 aromatic carbocycles. The van der Waals surface area contributed by atoms with E-state index in [0.717, 1.165) is 42.7 Å². The molecule has 1 fully saturated rings. The highest BCUT2D eigenvalue weighted by Crippen LogP contribution is 2.60. The van der Waals surface area contributed by atoms with E-state index in [-0.39, 0.29) is 24.3 Å². The van der Waals surface area contributed by atoms with Crippen molar-refractivity contribution in [2.45, 2.75) is 80.9 Å². The first kappa shape index (κ1) is 23.1. The second-order valence-electron chi connectivity index (χ2n) is 8.28.